The number of hydrogen-bond acceptors (Lipinski definition) is 6. The second-order valence-corrected chi connectivity index (χ2v) is 5.93. The second kappa shape index (κ2) is 7.31. The zero-order chi connectivity index (χ0) is 18.7. The molecule has 0 saturated heterocycles. The first-order valence-electron chi connectivity index (χ1n) is 7.89. The summed E-state index contributed by atoms with van der Waals surface area (Å²) < 4.78 is 16.4. The maximum atomic E-state index is 9.67. The number of anilines is 1. The van der Waals surface area contributed by atoms with Gasteiger partial charge in [0, 0.05) is 23.4 Å². The molecule has 0 aliphatic heterocycles. The Bertz CT molecular complexity index is 814. The van der Waals surface area contributed by atoms with Crippen LogP contribution in [0.15, 0.2) is 12.1 Å². The third-order valence-corrected chi connectivity index (χ3v) is 4.13. The Morgan fingerprint density at radius 3 is 2.00 bits per heavy atom. The average Bonchev–Trinajstić information content (AvgIpc) is 2.61. The predicted octanol–water partition coefficient (Wildman–Crippen LogP) is 3.66. The first kappa shape index (κ1) is 18.4. The maximum Gasteiger partial charge on any atom is 0.142 e. The minimum Gasteiger partial charge on any atom is -0.496 e. The lowest BCUT2D eigenvalue weighted by molar-refractivity contribution is 0.377. The molecule has 2 rings (SSSR count). The first-order chi connectivity index (χ1) is 11.9. The number of rotatable bonds is 5. The summed E-state index contributed by atoms with van der Waals surface area (Å²) in [5.41, 5.74) is 9.44. The van der Waals surface area contributed by atoms with Crippen LogP contribution in [0.1, 0.15) is 36.6 Å². The van der Waals surface area contributed by atoms with Crippen LogP contribution >= 0.6 is 0 Å². The average molecular weight is 341 g/mol. The Hall–Kier alpha value is -2.94. The molecule has 6 nitrogen and oxygen atoms in total. The van der Waals surface area contributed by atoms with Crippen molar-refractivity contribution in [2.75, 3.05) is 27.1 Å². The number of nitrogens with zero attached hydrogens (tertiary/aromatic N) is 2. The van der Waals surface area contributed by atoms with Gasteiger partial charge in [0.05, 0.1) is 26.9 Å². The van der Waals surface area contributed by atoms with Crippen LogP contribution < -0.4 is 19.9 Å². The molecule has 25 heavy (non-hydrogen) atoms. The number of nitrogen functional groups attached to an aromatic ring is 1. The standard InChI is InChI=1S/C19H23N3O3/c1-10(2)18-11(3)16(13(9-20)19(21)22-18)17-14(24-5)7-12(23-4)8-15(17)25-6/h7-8,10H,1-6H3,(H2,21,22). The summed E-state index contributed by atoms with van der Waals surface area (Å²) in [7, 11) is 4.70. The summed E-state index contributed by atoms with van der Waals surface area (Å²) in [6.07, 6.45) is 0. The van der Waals surface area contributed by atoms with Crippen molar-refractivity contribution in [3.05, 3.63) is 29.0 Å². The lowest BCUT2D eigenvalue weighted by atomic mass is 9.90. The molecule has 0 aliphatic carbocycles. The number of hydrogen-bond donors (Lipinski definition) is 1. The van der Waals surface area contributed by atoms with Crippen LogP contribution in [0.25, 0.3) is 11.1 Å². The topological polar surface area (TPSA) is 90.4 Å². The molecule has 0 aliphatic rings. The normalized spacial score (nSPS) is 10.5. The summed E-state index contributed by atoms with van der Waals surface area (Å²) in [6, 6.07) is 5.68. The SMILES string of the molecule is COc1cc(OC)c(-c2c(C)c(C(C)C)nc(N)c2C#N)c(OC)c1. The number of ether oxygens (including phenoxy) is 3. The van der Waals surface area contributed by atoms with Crippen LogP contribution in [0.5, 0.6) is 17.2 Å². The molecule has 0 saturated carbocycles. The van der Waals surface area contributed by atoms with E-state index >= 15 is 0 Å². The highest BCUT2D eigenvalue weighted by molar-refractivity contribution is 5.87. The minimum absolute atomic E-state index is 0.157. The van der Waals surface area contributed by atoms with E-state index in [9.17, 15) is 5.26 Å². The van der Waals surface area contributed by atoms with Gasteiger partial charge in [-0.15, -0.1) is 0 Å². The molecule has 2 aromatic rings. The van der Waals surface area contributed by atoms with Gasteiger partial charge in [-0.3, -0.25) is 0 Å². The summed E-state index contributed by atoms with van der Waals surface area (Å²) in [6.45, 7) is 6.00. The Kier molecular flexibility index (Phi) is 5.38. The molecular formula is C19H23N3O3. The third-order valence-electron chi connectivity index (χ3n) is 4.13. The van der Waals surface area contributed by atoms with Crippen LogP contribution in [-0.4, -0.2) is 26.3 Å². The zero-order valence-corrected chi connectivity index (χ0v) is 15.4. The molecule has 0 radical (unpaired) electrons. The number of benzene rings is 1. The summed E-state index contributed by atoms with van der Waals surface area (Å²) >= 11 is 0. The van der Waals surface area contributed by atoms with Crippen molar-refractivity contribution >= 4 is 5.82 Å². The molecule has 0 spiro atoms. The molecule has 2 N–H and O–H groups in total. The molecule has 1 aromatic heterocycles. The molecule has 6 heteroatoms. The van der Waals surface area contributed by atoms with Gasteiger partial charge >= 0.3 is 0 Å². The minimum atomic E-state index is 0.157. The molecule has 1 aromatic carbocycles. The van der Waals surface area contributed by atoms with Crippen molar-refractivity contribution in [1.29, 1.82) is 5.26 Å². The van der Waals surface area contributed by atoms with Gasteiger partial charge in [-0.25, -0.2) is 4.98 Å². The van der Waals surface area contributed by atoms with E-state index in [4.69, 9.17) is 19.9 Å². The lowest BCUT2D eigenvalue weighted by Gasteiger charge is -2.21. The molecule has 0 unspecified atom stereocenters. The Morgan fingerprint density at radius 1 is 1.04 bits per heavy atom. The smallest absolute Gasteiger partial charge is 0.142 e. The van der Waals surface area contributed by atoms with Crippen molar-refractivity contribution < 1.29 is 14.2 Å². The Balaban J connectivity index is 2.98. The van der Waals surface area contributed by atoms with Crippen molar-refractivity contribution in [3.8, 4) is 34.4 Å². The Morgan fingerprint density at radius 2 is 1.60 bits per heavy atom. The van der Waals surface area contributed by atoms with E-state index in [0.717, 1.165) is 11.3 Å². The van der Waals surface area contributed by atoms with Crippen molar-refractivity contribution in [2.24, 2.45) is 0 Å². The predicted molar refractivity (Wildman–Crippen MR) is 97.3 cm³/mol. The summed E-state index contributed by atoms with van der Waals surface area (Å²) in [5, 5.41) is 9.67. The van der Waals surface area contributed by atoms with Crippen LogP contribution in [-0.2, 0) is 0 Å². The van der Waals surface area contributed by atoms with Crippen LogP contribution in [0.3, 0.4) is 0 Å². The van der Waals surface area contributed by atoms with E-state index in [-0.39, 0.29) is 11.7 Å². The first-order valence-corrected chi connectivity index (χ1v) is 7.89. The van der Waals surface area contributed by atoms with Gasteiger partial charge in [0.2, 0.25) is 0 Å². The summed E-state index contributed by atoms with van der Waals surface area (Å²) in [5.74, 6) is 2.03. The van der Waals surface area contributed by atoms with Gasteiger partial charge < -0.3 is 19.9 Å². The van der Waals surface area contributed by atoms with Gasteiger partial charge in [0.1, 0.15) is 34.7 Å². The lowest BCUT2D eigenvalue weighted by Crippen LogP contribution is -2.08. The number of nitriles is 1. The molecule has 0 amide bonds. The third kappa shape index (κ3) is 3.18. The maximum absolute atomic E-state index is 9.67. The van der Waals surface area contributed by atoms with Crippen molar-refractivity contribution in [3.63, 3.8) is 0 Å². The van der Waals surface area contributed by atoms with Crippen molar-refractivity contribution in [2.45, 2.75) is 26.7 Å². The molecule has 1 heterocycles. The van der Waals surface area contributed by atoms with E-state index in [1.807, 2.05) is 20.8 Å². The molecule has 0 atom stereocenters. The highest BCUT2D eigenvalue weighted by Crippen LogP contribution is 2.46. The highest BCUT2D eigenvalue weighted by atomic mass is 16.5. The fraction of sp³-hybridized carbons (Fsp3) is 0.368. The van der Waals surface area contributed by atoms with Gasteiger partial charge in [0.15, 0.2) is 0 Å². The Labute approximate surface area is 148 Å². The number of aromatic nitrogens is 1. The van der Waals surface area contributed by atoms with Crippen LogP contribution in [0, 0.1) is 18.3 Å². The van der Waals surface area contributed by atoms with E-state index in [0.29, 0.717) is 33.9 Å². The van der Waals surface area contributed by atoms with Gasteiger partial charge in [-0.05, 0) is 18.4 Å². The van der Waals surface area contributed by atoms with Crippen LogP contribution in [0.2, 0.25) is 0 Å². The zero-order valence-electron chi connectivity index (χ0n) is 15.4. The molecule has 0 bridgehead atoms. The van der Waals surface area contributed by atoms with E-state index in [1.165, 1.54) is 0 Å². The molecule has 132 valence electrons. The van der Waals surface area contributed by atoms with Gasteiger partial charge in [-0.1, -0.05) is 13.8 Å². The monoisotopic (exact) mass is 341 g/mol. The second-order valence-electron chi connectivity index (χ2n) is 5.93. The highest BCUT2D eigenvalue weighted by Gasteiger charge is 2.25. The van der Waals surface area contributed by atoms with Gasteiger partial charge in [0.25, 0.3) is 0 Å². The molecular weight excluding hydrogens is 318 g/mol. The largest absolute Gasteiger partial charge is 0.496 e. The quantitative estimate of drug-likeness (QED) is 0.892. The summed E-state index contributed by atoms with van der Waals surface area (Å²) in [4.78, 5) is 4.42. The fourth-order valence-corrected chi connectivity index (χ4v) is 2.95. The van der Waals surface area contributed by atoms with Crippen LogP contribution in [0.4, 0.5) is 5.82 Å². The van der Waals surface area contributed by atoms with E-state index in [1.54, 1.807) is 33.5 Å². The van der Waals surface area contributed by atoms with Crippen molar-refractivity contribution in [1.82, 2.24) is 4.98 Å². The van der Waals surface area contributed by atoms with E-state index < -0.39 is 0 Å². The fourth-order valence-electron chi connectivity index (χ4n) is 2.95. The number of pyridine rings is 1. The van der Waals surface area contributed by atoms with E-state index in [2.05, 4.69) is 11.1 Å². The van der Waals surface area contributed by atoms with Gasteiger partial charge in [-0.2, -0.15) is 5.26 Å². The number of nitrogens with two attached hydrogens (primary N) is 1. The number of methoxy groups -OCH3 is 3. The molecule has 0 fully saturated rings.